The van der Waals surface area contributed by atoms with Gasteiger partial charge in [-0.05, 0) is 36.9 Å². The summed E-state index contributed by atoms with van der Waals surface area (Å²) in [5, 5.41) is 15.9. The average molecular weight is 367 g/mol. The molecule has 1 atom stereocenters. The Kier molecular flexibility index (Phi) is 6.67. The zero-order chi connectivity index (χ0) is 19.8. The lowest BCUT2D eigenvalue weighted by Crippen LogP contribution is -2.14. The van der Waals surface area contributed by atoms with E-state index in [1.54, 1.807) is 12.1 Å². The van der Waals surface area contributed by atoms with Crippen molar-refractivity contribution in [1.82, 2.24) is 9.78 Å². The molecule has 0 radical (unpaired) electrons. The SMILES string of the molecule is CN.NC(=O)c1nn(C2=CC=CC(c3ccc(O)cc3)C=C2)cc1NC=O. The van der Waals surface area contributed by atoms with Gasteiger partial charge < -0.3 is 21.9 Å². The molecule has 1 unspecified atom stereocenters. The van der Waals surface area contributed by atoms with Gasteiger partial charge in [0.2, 0.25) is 6.41 Å². The number of benzene rings is 1. The minimum absolute atomic E-state index is 0.00953. The Bertz CT molecular complexity index is 895. The van der Waals surface area contributed by atoms with Gasteiger partial charge in [-0.15, -0.1) is 0 Å². The quantitative estimate of drug-likeness (QED) is 0.595. The number of primary amides is 1. The third-order valence-electron chi connectivity index (χ3n) is 3.76. The normalized spacial score (nSPS) is 15.2. The van der Waals surface area contributed by atoms with Gasteiger partial charge in [0.05, 0.1) is 17.6 Å². The maximum atomic E-state index is 11.4. The summed E-state index contributed by atoms with van der Waals surface area (Å²) in [5.74, 6) is -0.471. The van der Waals surface area contributed by atoms with Crippen LogP contribution in [0, 0.1) is 0 Å². The lowest BCUT2D eigenvalue weighted by atomic mass is 9.98. The van der Waals surface area contributed by atoms with E-state index in [0.29, 0.717) is 12.1 Å². The number of phenolic OH excluding ortho intramolecular Hbond substituents is 1. The van der Waals surface area contributed by atoms with Gasteiger partial charge in [-0.1, -0.05) is 30.4 Å². The number of anilines is 1. The molecule has 8 heteroatoms. The van der Waals surface area contributed by atoms with Gasteiger partial charge in [0, 0.05) is 5.92 Å². The number of carbonyl (C=O) groups is 2. The molecule has 3 rings (SSSR count). The third-order valence-corrected chi connectivity index (χ3v) is 3.76. The summed E-state index contributed by atoms with van der Waals surface area (Å²) >= 11 is 0. The molecule has 0 fully saturated rings. The molecule has 1 aromatic heterocycles. The highest BCUT2D eigenvalue weighted by Gasteiger charge is 2.15. The molecule has 1 heterocycles. The van der Waals surface area contributed by atoms with Gasteiger partial charge in [-0.25, -0.2) is 4.68 Å². The number of carbonyl (C=O) groups excluding carboxylic acids is 2. The summed E-state index contributed by atoms with van der Waals surface area (Å²) in [6.45, 7) is 0. The molecule has 1 aliphatic carbocycles. The summed E-state index contributed by atoms with van der Waals surface area (Å²) in [6, 6.07) is 6.98. The van der Waals surface area contributed by atoms with Crippen LogP contribution in [-0.2, 0) is 4.79 Å². The first-order valence-corrected chi connectivity index (χ1v) is 8.12. The van der Waals surface area contributed by atoms with Gasteiger partial charge in [0.15, 0.2) is 5.69 Å². The molecule has 8 nitrogen and oxygen atoms in total. The van der Waals surface area contributed by atoms with Crippen LogP contribution >= 0.6 is 0 Å². The summed E-state index contributed by atoms with van der Waals surface area (Å²) in [5.41, 5.74) is 11.8. The standard InChI is InChI=1S/C18H16N4O3.CH5N/c19-18(25)17-16(20-11-23)10-22(21-17)14-3-1-2-12(4-7-14)13-5-8-15(24)9-6-13;1-2/h1-12,24H,(H2,19,25)(H,20,23);2H2,1H3. The number of phenols is 1. The van der Waals surface area contributed by atoms with Gasteiger partial charge in [0.1, 0.15) is 5.75 Å². The second kappa shape index (κ2) is 9.16. The number of nitrogens with zero attached hydrogens (tertiary/aromatic N) is 2. The van der Waals surface area contributed by atoms with Crippen LogP contribution in [0.2, 0.25) is 0 Å². The molecular formula is C19H21N5O3. The first-order chi connectivity index (χ1) is 13.1. The second-order valence-corrected chi connectivity index (χ2v) is 5.42. The molecule has 27 heavy (non-hydrogen) atoms. The highest BCUT2D eigenvalue weighted by atomic mass is 16.3. The van der Waals surface area contributed by atoms with E-state index < -0.39 is 5.91 Å². The van der Waals surface area contributed by atoms with E-state index in [-0.39, 0.29) is 23.0 Å². The van der Waals surface area contributed by atoms with Gasteiger partial charge >= 0.3 is 0 Å². The van der Waals surface area contributed by atoms with Crippen LogP contribution < -0.4 is 16.8 Å². The summed E-state index contributed by atoms with van der Waals surface area (Å²) in [7, 11) is 1.50. The molecule has 0 spiro atoms. The third kappa shape index (κ3) is 4.71. The van der Waals surface area contributed by atoms with Crippen molar-refractivity contribution in [1.29, 1.82) is 0 Å². The van der Waals surface area contributed by atoms with E-state index in [1.165, 1.54) is 17.9 Å². The Labute approximate surface area is 156 Å². The van der Waals surface area contributed by atoms with Gasteiger partial charge in [-0.3, -0.25) is 9.59 Å². The zero-order valence-corrected chi connectivity index (χ0v) is 14.7. The highest BCUT2D eigenvalue weighted by Crippen LogP contribution is 2.25. The van der Waals surface area contributed by atoms with Crippen molar-refractivity contribution in [3.8, 4) is 5.75 Å². The van der Waals surface area contributed by atoms with E-state index >= 15 is 0 Å². The molecule has 6 N–H and O–H groups in total. The lowest BCUT2D eigenvalue weighted by Gasteiger charge is -2.07. The predicted octanol–water partition coefficient (Wildman–Crippen LogP) is 1.58. The molecule has 1 aliphatic rings. The summed E-state index contributed by atoms with van der Waals surface area (Å²) in [6.07, 6.45) is 11.5. The van der Waals surface area contributed by atoms with Crippen LogP contribution in [0.15, 0.2) is 60.8 Å². The number of aromatic hydroxyl groups is 1. The van der Waals surface area contributed by atoms with Crippen LogP contribution in [-0.4, -0.2) is 34.3 Å². The predicted molar refractivity (Wildman–Crippen MR) is 104 cm³/mol. The van der Waals surface area contributed by atoms with Crippen molar-refractivity contribution in [3.63, 3.8) is 0 Å². The van der Waals surface area contributed by atoms with Crippen LogP contribution in [0.3, 0.4) is 0 Å². The number of aromatic nitrogens is 2. The smallest absolute Gasteiger partial charge is 0.271 e. The fourth-order valence-corrected chi connectivity index (χ4v) is 2.52. The maximum Gasteiger partial charge on any atom is 0.271 e. The molecule has 2 aromatic rings. The Morgan fingerprint density at radius 2 is 1.96 bits per heavy atom. The minimum Gasteiger partial charge on any atom is -0.508 e. The van der Waals surface area contributed by atoms with E-state index in [1.807, 2.05) is 42.5 Å². The zero-order valence-electron chi connectivity index (χ0n) is 14.7. The molecule has 0 saturated carbocycles. The fourth-order valence-electron chi connectivity index (χ4n) is 2.52. The van der Waals surface area contributed by atoms with Crippen LogP contribution in [0.4, 0.5) is 5.69 Å². The number of nitrogens with two attached hydrogens (primary N) is 2. The Hall–Kier alpha value is -3.65. The molecule has 0 saturated heterocycles. The number of hydrogen-bond donors (Lipinski definition) is 4. The summed E-state index contributed by atoms with van der Waals surface area (Å²) < 4.78 is 1.48. The molecule has 140 valence electrons. The van der Waals surface area contributed by atoms with Crippen molar-refractivity contribution in [2.45, 2.75) is 5.92 Å². The van der Waals surface area contributed by atoms with Gasteiger partial charge in [-0.2, -0.15) is 5.10 Å². The monoisotopic (exact) mass is 367 g/mol. The van der Waals surface area contributed by atoms with Crippen molar-refractivity contribution < 1.29 is 14.7 Å². The minimum atomic E-state index is -0.723. The van der Waals surface area contributed by atoms with E-state index in [2.05, 4.69) is 16.1 Å². The van der Waals surface area contributed by atoms with Crippen LogP contribution in [0.25, 0.3) is 5.70 Å². The first kappa shape index (κ1) is 19.7. The molecule has 2 amide bonds. The molecule has 1 aromatic carbocycles. The number of hydrogen-bond acceptors (Lipinski definition) is 5. The van der Waals surface area contributed by atoms with Crippen molar-refractivity contribution in [2.24, 2.45) is 11.5 Å². The maximum absolute atomic E-state index is 11.4. The van der Waals surface area contributed by atoms with Crippen LogP contribution in [0.5, 0.6) is 5.75 Å². The van der Waals surface area contributed by atoms with E-state index in [9.17, 15) is 14.7 Å². The molecule has 0 aliphatic heterocycles. The lowest BCUT2D eigenvalue weighted by molar-refractivity contribution is -0.105. The van der Waals surface area contributed by atoms with Crippen molar-refractivity contribution in [3.05, 3.63) is 72.1 Å². The Morgan fingerprint density at radius 3 is 2.59 bits per heavy atom. The van der Waals surface area contributed by atoms with E-state index in [0.717, 1.165) is 5.56 Å². The fraction of sp³-hybridized carbons (Fsp3) is 0.105. The summed E-state index contributed by atoms with van der Waals surface area (Å²) in [4.78, 5) is 22.1. The van der Waals surface area contributed by atoms with Crippen molar-refractivity contribution in [2.75, 3.05) is 12.4 Å². The molecular weight excluding hydrogens is 346 g/mol. The highest BCUT2D eigenvalue weighted by molar-refractivity contribution is 5.98. The number of nitrogens with one attached hydrogen (secondary N) is 1. The van der Waals surface area contributed by atoms with E-state index in [4.69, 9.17) is 5.73 Å². The van der Waals surface area contributed by atoms with Crippen LogP contribution in [0.1, 0.15) is 22.0 Å². The first-order valence-electron chi connectivity index (χ1n) is 8.12. The number of rotatable bonds is 5. The molecule has 0 bridgehead atoms. The number of allylic oxidation sites excluding steroid dienone is 6. The Morgan fingerprint density at radius 1 is 1.26 bits per heavy atom. The Balaban J connectivity index is 0.00000126. The number of amides is 2. The van der Waals surface area contributed by atoms with Gasteiger partial charge in [0.25, 0.3) is 5.91 Å². The second-order valence-electron chi connectivity index (χ2n) is 5.42. The van der Waals surface area contributed by atoms with Crippen molar-refractivity contribution >= 4 is 23.7 Å². The average Bonchev–Trinajstić information content (AvgIpc) is 2.94. The topological polar surface area (TPSA) is 136 Å². The largest absolute Gasteiger partial charge is 0.508 e.